The van der Waals surface area contributed by atoms with Gasteiger partial charge in [0.1, 0.15) is 5.82 Å². The number of nitrogens with one attached hydrogen (secondary N) is 1. The molecule has 2 rings (SSSR count). The van der Waals surface area contributed by atoms with Gasteiger partial charge in [-0.15, -0.1) is 0 Å². The van der Waals surface area contributed by atoms with E-state index in [0.717, 1.165) is 11.1 Å². The first-order valence-corrected chi connectivity index (χ1v) is 9.90. The van der Waals surface area contributed by atoms with Crippen LogP contribution in [-0.2, 0) is 16.6 Å². The van der Waals surface area contributed by atoms with Gasteiger partial charge in [0.25, 0.3) is 0 Å². The average Bonchev–Trinajstić information content (AvgIpc) is 2.60. The lowest BCUT2D eigenvalue weighted by Gasteiger charge is -2.19. The quantitative estimate of drug-likeness (QED) is 0.777. The number of nitrogens with zero attached hydrogens (tertiary/aromatic N) is 1. The minimum absolute atomic E-state index is 0.0217. The fourth-order valence-corrected chi connectivity index (χ4v) is 4.13. The van der Waals surface area contributed by atoms with Crippen LogP contribution in [0.5, 0.6) is 0 Å². The molecular formula is C19H25FN2O2S. The molecule has 0 saturated carbocycles. The van der Waals surface area contributed by atoms with Crippen LogP contribution in [0, 0.1) is 5.82 Å². The molecule has 0 unspecified atom stereocenters. The highest BCUT2D eigenvalue weighted by molar-refractivity contribution is 7.89. The first kappa shape index (κ1) is 19.6. The molecule has 6 heteroatoms. The summed E-state index contributed by atoms with van der Waals surface area (Å²) in [4.78, 5) is 0.303. The molecule has 2 aromatic carbocycles. The van der Waals surface area contributed by atoms with E-state index in [0.29, 0.717) is 24.5 Å². The Balaban J connectivity index is 2.06. The summed E-state index contributed by atoms with van der Waals surface area (Å²) in [5.74, 6) is -0.252. The van der Waals surface area contributed by atoms with E-state index in [4.69, 9.17) is 0 Å². The first-order valence-electron chi connectivity index (χ1n) is 8.46. The lowest BCUT2D eigenvalue weighted by Crippen LogP contribution is -2.30. The highest BCUT2D eigenvalue weighted by atomic mass is 32.2. The predicted molar refractivity (Wildman–Crippen MR) is 98.2 cm³/mol. The largest absolute Gasteiger partial charge is 0.306 e. The molecule has 0 radical (unpaired) electrons. The number of hydrogen-bond acceptors (Lipinski definition) is 3. The Kier molecular flexibility index (Phi) is 6.70. The van der Waals surface area contributed by atoms with Crippen LogP contribution in [0.15, 0.2) is 53.4 Å². The molecule has 0 aromatic heterocycles. The molecule has 0 aliphatic carbocycles. The molecule has 0 aliphatic rings. The second-order valence-corrected chi connectivity index (χ2v) is 7.83. The van der Waals surface area contributed by atoms with Gasteiger partial charge in [-0.1, -0.05) is 38.1 Å². The maximum atomic E-state index is 13.2. The van der Waals surface area contributed by atoms with E-state index in [9.17, 15) is 12.8 Å². The van der Waals surface area contributed by atoms with Crippen LogP contribution >= 0.6 is 0 Å². The van der Waals surface area contributed by atoms with Gasteiger partial charge in [0, 0.05) is 25.7 Å². The standard InChI is InChI=1S/C19H25FN2O2S/c1-4-22(5-2)25(23,24)19-11-9-17(10-12-19)15(3)21-14-16-7-6-8-18(20)13-16/h6-13,15,21H,4-5,14H2,1-3H3/t15-/m0/s1. The summed E-state index contributed by atoms with van der Waals surface area (Å²) in [6.07, 6.45) is 0. The number of rotatable bonds is 8. The van der Waals surface area contributed by atoms with Crippen LogP contribution in [0.3, 0.4) is 0 Å². The van der Waals surface area contributed by atoms with Crippen LogP contribution < -0.4 is 5.32 Å². The van der Waals surface area contributed by atoms with E-state index in [1.165, 1.54) is 16.4 Å². The van der Waals surface area contributed by atoms with Crippen molar-refractivity contribution in [2.24, 2.45) is 0 Å². The molecule has 0 heterocycles. The number of benzene rings is 2. The topological polar surface area (TPSA) is 49.4 Å². The van der Waals surface area contributed by atoms with Crippen molar-refractivity contribution in [1.82, 2.24) is 9.62 Å². The zero-order valence-corrected chi connectivity index (χ0v) is 15.7. The number of halogens is 1. The van der Waals surface area contributed by atoms with Crippen LogP contribution in [0.1, 0.15) is 37.9 Å². The Morgan fingerprint density at radius 3 is 2.28 bits per heavy atom. The van der Waals surface area contributed by atoms with Gasteiger partial charge in [0.05, 0.1) is 4.90 Å². The average molecular weight is 364 g/mol. The molecule has 4 nitrogen and oxygen atoms in total. The molecule has 1 atom stereocenters. The highest BCUT2D eigenvalue weighted by Gasteiger charge is 2.21. The van der Waals surface area contributed by atoms with Gasteiger partial charge in [-0.2, -0.15) is 4.31 Å². The van der Waals surface area contributed by atoms with Gasteiger partial charge < -0.3 is 5.32 Å². The normalized spacial score (nSPS) is 13.2. The maximum Gasteiger partial charge on any atom is 0.243 e. The summed E-state index contributed by atoms with van der Waals surface area (Å²) in [7, 11) is -3.43. The van der Waals surface area contributed by atoms with Crippen molar-refractivity contribution in [1.29, 1.82) is 0 Å². The smallest absolute Gasteiger partial charge is 0.243 e. The van der Waals surface area contributed by atoms with E-state index in [2.05, 4.69) is 5.32 Å². The molecule has 2 aromatic rings. The molecular weight excluding hydrogens is 339 g/mol. The number of hydrogen-bond donors (Lipinski definition) is 1. The molecule has 25 heavy (non-hydrogen) atoms. The molecule has 136 valence electrons. The van der Waals surface area contributed by atoms with E-state index in [1.807, 2.05) is 39.0 Å². The third-order valence-corrected chi connectivity index (χ3v) is 6.29. The van der Waals surface area contributed by atoms with E-state index in [-0.39, 0.29) is 11.9 Å². The van der Waals surface area contributed by atoms with Gasteiger partial charge in [-0.05, 0) is 42.3 Å². The van der Waals surface area contributed by atoms with E-state index < -0.39 is 10.0 Å². The van der Waals surface area contributed by atoms with Gasteiger partial charge >= 0.3 is 0 Å². The van der Waals surface area contributed by atoms with Crippen molar-refractivity contribution < 1.29 is 12.8 Å². The third-order valence-electron chi connectivity index (χ3n) is 4.22. The van der Waals surface area contributed by atoms with Crippen molar-refractivity contribution in [3.63, 3.8) is 0 Å². The van der Waals surface area contributed by atoms with Gasteiger partial charge in [0.2, 0.25) is 10.0 Å². The fourth-order valence-electron chi connectivity index (χ4n) is 2.68. The Bertz CT molecular complexity index is 787. The summed E-state index contributed by atoms with van der Waals surface area (Å²) in [5, 5.41) is 3.32. The molecule has 0 fully saturated rings. The number of sulfonamides is 1. The third kappa shape index (κ3) is 4.87. The molecule has 0 aliphatic heterocycles. The first-order chi connectivity index (χ1) is 11.9. The second kappa shape index (κ2) is 8.56. The van der Waals surface area contributed by atoms with Gasteiger partial charge in [-0.25, -0.2) is 12.8 Å². The molecule has 0 amide bonds. The minimum atomic E-state index is -3.43. The molecule has 0 bridgehead atoms. The van der Waals surface area contributed by atoms with E-state index in [1.54, 1.807) is 18.2 Å². The summed E-state index contributed by atoms with van der Waals surface area (Å²) in [6, 6.07) is 13.4. The zero-order chi connectivity index (χ0) is 18.4. The zero-order valence-electron chi connectivity index (χ0n) is 14.9. The van der Waals surface area contributed by atoms with Crippen LogP contribution in [0.2, 0.25) is 0 Å². The summed E-state index contributed by atoms with van der Waals surface area (Å²) in [6.45, 7) is 7.09. The van der Waals surface area contributed by atoms with Crippen molar-refractivity contribution in [2.75, 3.05) is 13.1 Å². The van der Waals surface area contributed by atoms with Crippen molar-refractivity contribution >= 4 is 10.0 Å². The van der Waals surface area contributed by atoms with Crippen LogP contribution in [0.4, 0.5) is 4.39 Å². The maximum absolute atomic E-state index is 13.2. The van der Waals surface area contributed by atoms with Crippen molar-refractivity contribution in [3.05, 3.63) is 65.5 Å². The highest BCUT2D eigenvalue weighted by Crippen LogP contribution is 2.19. The SMILES string of the molecule is CCN(CC)S(=O)(=O)c1ccc([C@H](C)NCc2cccc(F)c2)cc1. The lowest BCUT2D eigenvalue weighted by molar-refractivity contribution is 0.445. The van der Waals surface area contributed by atoms with Gasteiger partial charge in [-0.3, -0.25) is 0 Å². The molecule has 0 spiro atoms. The minimum Gasteiger partial charge on any atom is -0.306 e. The van der Waals surface area contributed by atoms with Gasteiger partial charge in [0.15, 0.2) is 0 Å². The van der Waals surface area contributed by atoms with Crippen LogP contribution in [-0.4, -0.2) is 25.8 Å². The monoisotopic (exact) mass is 364 g/mol. The second-order valence-electron chi connectivity index (χ2n) is 5.89. The Morgan fingerprint density at radius 1 is 1.08 bits per heavy atom. The summed E-state index contributed by atoms with van der Waals surface area (Å²) >= 11 is 0. The molecule has 1 N–H and O–H groups in total. The van der Waals surface area contributed by atoms with Crippen molar-refractivity contribution in [3.8, 4) is 0 Å². The summed E-state index contributed by atoms with van der Waals surface area (Å²) in [5.41, 5.74) is 1.85. The Hall–Kier alpha value is -1.76. The lowest BCUT2D eigenvalue weighted by atomic mass is 10.1. The fraction of sp³-hybridized carbons (Fsp3) is 0.368. The Morgan fingerprint density at radius 2 is 1.72 bits per heavy atom. The Labute approximate surface area is 149 Å². The van der Waals surface area contributed by atoms with Crippen molar-refractivity contribution in [2.45, 2.75) is 38.3 Å². The summed E-state index contributed by atoms with van der Waals surface area (Å²) < 4.78 is 39.6. The van der Waals surface area contributed by atoms with E-state index >= 15 is 0 Å². The van der Waals surface area contributed by atoms with Crippen LogP contribution in [0.25, 0.3) is 0 Å². The predicted octanol–water partition coefficient (Wildman–Crippen LogP) is 3.71. The molecule has 0 saturated heterocycles.